The van der Waals surface area contributed by atoms with Crippen molar-refractivity contribution in [1.82, 2.24) is 5.32 Å². The Labute approximate surface area is 157 Å². The smallest absolute Gasteiger partial charge is 0.269 e. The molecule has 2 aromatic carbocycles. The molecule has 0 aliphatic carbocycles. The molecule has 1 N–H and O–H groups in total. The van der Waals surface area contributed by atoms with Gasteiger partial charge in [0.05, 0.1) is 23.4 Å². The van der Waals surface area contributed by atoms with Crippen LogP contribution < -0.4 is 5.32 Å². The molecule has 7 heteroatoms. The van der Waals surface area contributed by atoms with Gasteiger partial charge < -0.3 is 10.1 Å². The van der Waals surface area contributed by atoms with Crippen molar-refractivity contribution in [1.29, 1.82) is 0 Å². The number of nitrogens with zero attached hydrogens (tertiary/aromatic N) is 1. The third kappa shape index (κ3) is 6.85. The topological polar surface area (TPSA) is 81.5 Å². The van der Waals surface area contributed by atoms with E-state index in [1.54, 1.807) is 12.1 Å². The fourth-order valence-electron chi connectivity index (χ4n) is 2.16. The van der Waals surface area contributed by atoms with E-state index in [0.717, 1.165) is 16.0 Å². The number of thioether (sulfide) groups is 1. The van der Waals surface area contributed by atoms with Gasteiger partial charge in [-0.15, -0.1) is 11.8 Å². The van der Waals surface area contributed by atoms with Crippen LogP contribution in [-0.4, -0.2) is 22.7 Å². The molecule has 0 aliphatic heterocycles. The Hall–Kier alpha value is -2.38. The standard InChI is InChI=1S/C19H22N2O4S/c1-14(2)25-12-16-5-3-4-15(10-16)11-20-19(22)13-26-18-8-6-17(7-9-18)21(23)24/h3-10,14H,11-13H2,1-2H3,(H,20,22). The lowest BCUT2D eigenvalue weighted by atomic mass is 10.1. The van der Waals surface area contributed by atoms with Crippen LogP contribution in [0.5, 0.6) is 0 Å². The second kappa shape index (κ2) is 9.94. The number of carbonyl (C=O) groups is 1. The molecule has 0 heterocycles. The fourth-order valence-corrected chi connectivity index (χ4v) is 2.89. The van der Waals surface area contributed by atoms with E-state index < -0.39 is 4.92 Å². The van der Waals surface area contributed by atoms with E-state index in [1.165, 1.54) is 23.9 Å². The quantitative estimate of drug-likeness (QED) is 0.409. The molecule has 0 saturated heterocycles. The minimum absolute atomic E-state index is 0.0418. The van der Waals surface area contributed by atoms with Crippen molar-refractivity contribution in [3.8, 4) is 0 Å². The van der Waals surface area contributed by atoms with Gasteiger partial charge in [-0.25, -0.2) is 0 Å². The molecule has 1 amide bonds. The number of nitro benzene ring substituents is 1. The van der Waals surface area contributed by atoms with Crippen LogP contribution in [0.2, 0.25) is 0 Å². The van der Waals surface area contributed by atoms with E-state index in [0.29, 0.717) is 13.2 Å². The highest BCUT2D eigenvalue weighted by Gasteiger charge is 2.07. The number of nitro groups is 1. The lowest BCUT2D eigenvalue weighted by Gasteiger charge is -2.10. The Morgan fingerprint density at radius 1 is 1.19 bits per heavy atom. The molecule has 0 fully saturated rings. The number of hydrogen-bond donors (Lipinski definition) is 1. The minimum atomic E-state index is -0.443. The first-order valence-electron chi connectivity index (χ1n) is 8.27. The number of benzene rings is 2. The summed E-state index contributed by atoms with van der Waals surface area (Å²) in [7, 11) is 0. The molecule has 0 spiro atoms. The Morgan fingerprint density at radius 3 is 2.54 bits per heavy atom. The normalized spacial score (nSPS) is 10.7. The number of non-ortho nitro benzene ring substituents is 1. The number of ether oxygens (including phenoxy) is 1. The SMILES string of the molecule is CC(C)OCc1cccc(CNC(=O)CSc2ccc([N+](=O)[O-])cc2)c1. The van der Waals surface area contributed by atoms with Gasteiger partial charge in [-0.1, -0.05) is 24.3 Å². The molecule has 0 saturated carbocycles. The molecule has 2 rings (SSSR count). The zero-order valence-corrected chi connectivity index (χ0v) is 15.6. The van der Waals surface area contributed by atoms with Crippen molar-refractivity contribution in [3.63, 3.8) is 0 Å². The highest BCUT2D eigenvalue weighted by atomic mass is 32.2. The maximum Gasteiger partial charge on any atom is 0.269 e. The van der Waals surface area contributed by atoms with Crippen molar-refractivity contribution in [2.75, 3.05) is 5.75 Å². The highest BCUT2D eigenvalue weighted by molar-refractivity contribution is 8.00. The highest BCUT2D eigenvalue weighted by Crippen LogP contribution is 2.21. The minimum Gasteiger partial charge on any atom is -0.374 e. The number of amides is 1. The molecule has 0 unspecified atom stereocenters. The average molecular weight is 374 g/mol. The van der Waals surface area contributed by atoms with Gasteiger partial charge in [0.15, 0.2) is 0 Å². The van der Waals surface area contributed by atoms with Crippen LogP contribution >= 0.6 is 11.8 Å². The summed E-state index contributed by atoms with van der Waals surface area (Å²) in [6.45, 7) is 4.99. The number of hydrogen-bond acceptors (Lipinski definition) is 5. The van der Waals surface area contributed by atoms with Gasteiger partial charge in [0, 0.05) is 23.6 Å². The van der Waals surface area contributed by atoms with Crippen molar-refractivity contribution >= 4 is 23.4 Å². The van der Waals surface area contributed by atoms with Gasteiger partial charge in [0.25, 0.3) is 5.69 Å². The molecular formula is C19H22N2O4S. The van der Waals surface area contributed by atoms with Crippen LogP contribution in [0.4, 0.5) is 5.69 Å². The molecule has 0 atom stereocenters. The third-order valence-electron chi connectivity index (χ3n) is 3.48. The predicted molar refractivity (Wildman–Crippen MR) is 102 cm³/mol. The maximum atomic E-state index is 12.0. The lowest BCUT2D eigenvalue weighted by Crippen LogP contribution is -2.24. The third-order valence-corrected chi connectivity index (χ3v) is 4.49. The first-order valence-corrected chi connectivity index (χ1v) is 9.26. The zero-order chi connectivity index (χ0) is 18.9. The number of nitrogens with one attached hydrogen (secondary N) is 1. The predicted octanol–water partition coefficient (Wildman–Crippen LogP) is 3.93. The zero-order valence-electron chi connectivity index (χ0n) is 14.8. The summed E-state index contributed by atoms with van der Waals surface area (Å²) in [6.07, 6.45) is 0.176. The Bertz CT molecular complexity index is 747. The van der Waals surface area contributed by atoms with Gasteiger partial charge in [0.2, 0.25) is 5.91 Å². The monoisotopic (exact) mass is 374 g/mol. The van der Waals surface area contributed by atoms with E-state index in [1.807, 2.05) is 38.1 Å². The van der Waals surface area contributed by atoms with Crippen LogP contribution in [-0.2, 0) is 22.7 Å². The second-order valence-electron chi connectivity index (χ2n) is 6.00. The van der Waals surface area contributed by atoms with Gasteiger partial charge in [-0.3, -0.25) is 14.9 Å². The van der Waals surface area contributed by atoms with Gasteiger partial charge in [-0.05, 0) is 37.1 Å². The largest absolute Gasteiger partial charge is 0.374 e. The maximum absolute atomic E-state index is 12.0. The second-order valence-corrected chi connectivity index (χ2v) is 7.04. The molecule has 0 aromatic heterocycles. The van der Waals surface area contributed by atoms with Crippen LogP contribution in [0.1, 0.15) is 25.0 Å². The van der Waals surface area contributed by atoms with Crippen molar-refractivity contribution in [2.24, 2.45) is 0 Å². The number of carbonyl (C=O) groups excluding carboxylic acids is 1. The molecular weight excluding hydrogens is 352 g/mol. The average Bonchev–Trinajstić information content (AvgIpc) is 2.63. The molecule has 26 heavy (non-hydrogen) atoms. The molecule has 2 aromatic rings. The van der Waals surface area contributed by atoms with Crippen molar-refractivity contribution in [3.05, 3.63) is 69.8 Å². The van der Waals surface area contributed by atoms with Crippen LogP contribution in [0, 0.1) is 10.1 Å². The summed E-state index contributed by atoms with van der Waals surface area (Å²) in [6, 6.07) is 14.1. The molecule has 0 radical (unpaired) electrons. The molecule has 0 bridgehead atoms. The molecule has 138 valence electrons. The van der Waals surface area contributed by atoms with Crippen molar-refractivity contribution in [2.45, 2.75) is 38.0 Å². The Morgan fingerprint density at radius 2 is 1.88 bits per heavy atom. The Balaban J connectivity index is 1.77. The first kappa shape index (κ1) is 19.9. The van der Waals surface area contributed by atoms with Gasteiger partial charge in [0.1, 0.15) is 0 Å². The first-order chi connectivity index (χ1) is 12.4. The van der Waals surface area contributed by atoms with Gasteiger partial charge >= 0.3 is 0 Å². The summed E-state index contributed by atoms with van der Waals surface area (Å²) in [4.78, 5) is 23.0. The summed E-state index contributed by atoms with van der Waals surface area (Å²) < 4.78 is 5.59. The summed E-state index contributed by atoms with van der Waals surface area (Å²) >= 11 is 1.34. The van der Waals surface area contributed by atoms with Crippen LogP contribution in [0.25, 0.3) is 0 Å². The van der Waals surface area contributed by atoms with E-state index in [2.05, 4.69) is 5.32 Å². The van der Waals surface area contributed by atoms with E-state index in [9.17, 15) is 14.9 Å². The lowest BCUT2D eigenvalue weighted by molar-refractivity contribution is -0.384. The number of rotatable bonds is 9. The van der Waals surface area contributed by atoms with Crippen LogP contribution in [0.15, 0.2) is 53.4 Å². The molecule has 0 aliphatic rings. The molecule has 6 nitrogen and oxygen atoms in total. The summed E-state index contributed by atoms with van der Waals surface area (Å²) in [5.74, 6) is 0.172. The van der Waals surface area contributed by atoms with E-state index in [-0.39, 0.29) is 23.5 Å². The summed E-state index contributed by atoms with van der Waals surface area (Å²) in [5, 5.41) is 13.5. The fraction of sp³-hybridized carbons (Fsp3) is 0.316. The van der Waals surface area contributed by atoms with E-state index in [4.69, 9.17) is 4.74 Å². The van der Waals surface area contributed by atoms with Gasteiger partial charge in [-0.2, -0.15) is 0 Å². The van der Waals surface area contributed by atoms with Crippen LogP contribution in [0.3, 0.4) is 0 Å². The summed E-state index contributed by atoms with van der Waals surface area (Å²) in [5.41, 5.74) is 2.13. The van der Waals surface area contributed by atoms with E-state index >= 15 is 0 Å². The Kier molecular flexibility index (Phi) is 7.62. The van der Waals surface area contributed by atoms with Crippen molar-refractivity contribution < 1.29 is 14.5 Å².